The van der Waals surface area contributed by atoms with E-state index in [2.05, 4.69) is 15.3 Å². The number of rotatable bonds is 3. The summed E-state index contributed by atoms with van der Waals surface area (Å²) < 4.78 is 0. The topological polar surface area (TPSA) is 67.1 Å². The van der Waals surface area contributed by atoms with Gasteiger partial charge in [-0.15, -0.1) is 0 Å². The summed E-state index contributed by atoms with van der Waals surface area (Å²) in [5.74, 6) is 7.76. The van der Waals surface area contributed by atoms with Gasteiger partial charge in [-0.1, -0.05) is 12.8 Å². The Kier molecular flexibility index (Phi) is 3.82. The largest absolute Gasteiger partial charge is 0.341 e. The highest BCUT2D eigenvalue weighted by atomic mass is 15.3. The average molecular weight is 261 g/mol. The highest BCUT2D eigenvalue weighted by Crippen LogP contribution is 2.34. The van der Waals surface area contributed by atoms with Gasteiger partial charge in [0, 0.05) is 25.1 Å². The average Bonchev–Trinajstić information content (AvgIpc) is 3.02. The first-order chi connectivity index (χ1) is 9.36. The molecule has 2 fully saturated rings. The Morgan fingerprint density at radius 3 is 2.47 bits per heavy atom. The van der Waals surface area contributed by atoms with Crippen LogP contribution in [0, 0.1) is 0 Å². The molecule has 1 saturated carbocycles. The molecule has 5 nitrogen and oxygen atoms in total. The monoisotopic (exact) mass is 261 g/mol. The predicted octanol–water partition coefficient (Wildman–Crippen LogP) is 2.41. The van der Waals surface area contributed by atoms with Crippen LogP contribution in [0.25, 0.3) is 0 Å². The molecule has 2 aliphatic rings. The van der Waals surface area contributed by atoms with E-state index in [0.717, 1.165) is 24.9 Å². The summed E-state index contributed by atoms with van der Waals surface area (Å²) in [5.41, 5.74) is 3.86. The second-order valence-electron chi connectivity index (χ2n) is 5.65. The van der Waals surface area contributed by atoms with E-state index in [1.807, 2.05) is 6.07 Å². The van der Waals surface area contributed by atoms with Crippen molar-refractivity contribution < 1.29 is 0 Å². The van der Waals surface area contributed by atoms with Crippen LogP contribution in [0.1, 0.15) is 56.6 Å². The van der Waals surface area contributed by atoms with E-state index >= 15 is 0 Å². The number of nitrogen functional groups attached to an aromatic ring is 1. The second kappa shape index (κ2) is 5.74. The molecule has 0 radical (unpaired) electrons. The summed E-state index contributed by atoms with van der Waals surface area (Å²) in [6, 6.07) is 2.02. The smallest absolute Gasteiger partial charge is 0.227 e. The fourth-order valence-electron chi connectivity index (χ4n) is 3.19. The molecule has 19 heavy (non-hydrogen) atoms. The SMILES string of the molecule is NNc1cc(C2CCCC2)nc(N2CCCCC2)n1. The molecule has 0 atom stereocenters. The molecule has 1 aliphatic carbocycles. The van der Waals surface area contributed by atoms with Gasteiger partial charge >= 0.3 is 0 Å². The van der Waals surface area contributed by atoms with Crippen molar-refractivity contribution in [3.05, 3.63) is 11.8 Å². The zero-order valence-electron chi connectivity index (χ0n) is 11.4. The third kappa shape index (κ3) is 2.81. The van der Waals surface area contributed by atoms with Crippen LogP contribution in [0.15, 0.2) is 6.07 Å². The van der Waals surface area contributed by atoms with Crippen molar-refractivity contribution in [3.8, 4) is 0 Å². The third-order valence-corrected chi connectivity index (χ3v) is 4.29. The van der Waals surface area contributed by atoms with E-state index < -0.39 is 0 Å². The molecule has 5 heteroatoms. The van der Waals surface area contributed by atoms with Crippen molar-refractivity contribution >= 4 is 11.8 Å². The van der Waals surface area contributed by atoms with Crippen LogP contribution in [0.4, 0.5) is 11.8 Å². The molecule has 3 N–H and O–H groups in total. The Morgan fingerprint density at radius 1 is 1.05 bits per heavy atom. The Hall–Kier alpha value is -1.36. The van der Waals surface area contributed by atoms with Gasteiger partial charge in [0.15, 0.2) is 0 Å². The number of hydrogen-bond acceptors (Lipinski definition) is 5. The van der Waals surface area contributed by atoms with Crippen molar-refractivity contribution in [1.82, 2.24) is 9.97 Å². The third-order valence-electron chi connectivity index (χ3n) is 4.29. The number of hydrazine groups is 1. The van der Waals surface area contributed by atoms with Gasteiger partial charge in [0.2, 0.25) is 5.95 Å². The van der Waals surface area contributed by atoms with Crippen molar-refractivity contribution in [3.63, 3.8) is 0 Å². The molecule has 1 aliphatic heterocycles. The van der Waals surface area contributed by atoms with E-state index in [-0.39, 0.29) is 0 Å². The standard InChI is InChI=1S/C14H23N5/c15-18-13-10-12(11-6-2-3-7-11)16-14(17-13)19-8-4-1-5-9-19/h10-11H,1-9,15H2,(H,16,17,18). The lowest BCUT2D eigenvalue weighted by Gasteiger charge is -2.27. The summed E-state index contributed by atoms with van der Waals surface area (Å²) in [6.07, 6.45) is 8.94. The molecule has 0 unspecified atom stereocenters. The predicted molar refractivity (Wildman–Crippen MR) is 77.1 cm³/mol. The van der Waals surface area contributed by atoms with E-state index in [9.17, 15) is 0 Å². The van der Waals surface area contributed by atoms with Crippen molar-refractivity contribution in [2.24, 2.45) is 5.84 Å². The van der Waals surface area contributed by atoms with E-state index in [0.29, 0.717) is 5.92 Å². The molecular weight excluding hydrogens is 238 g/mol. The van der Waals surface area contributed by atoms with E-state index in [1.54, 1.807) is 0 Å². The molecule has 104 valence electrons. The molecule has 2 heterocycles. The van der Waals surface area contributed by atoms with Gasteiger partial charge in [0.25, 0.3) is 0 Å². The molecule has 3 rings (SSSR count). The Labute approximate surface area is 114 Å². The summed E-state index contributed by atoms with van der Waals surface area (Å²) in [7, 11) is 0. The number of nitrogens with one attached hydrogen (secondary N) is 1. The van der Waals surface area contributed by atoms with E-state index in [4.69, 9.17) is 10.8 Å². The Morgan fingerprint density at radius 2 is 1.79 bits per heavy atom. The maximum absolute atomic E-state index is 5.56. The van der Waals surface area contributed by atoms with Crippen molar-refractivity contribution in [1.29, 1.82) is 0 Å². The number of anilines is 2. The fraction of sp³-hybridized carbons (Fsp3) is 0.714. The molecule has 0 amide bonds. The van der Waals surface area contributed by atoms with Gasteiger partial charge < -0.3 is 10.3 Å². The molecule has 1 aromatic heterocycles. The van der Waals surface area contributed by atoms with Gasteiger partial charge in [-0.2, -0.15) is 4.98 Å². The second-order valence-corrected chi connectivity index (χ2v) is 5.65. The van der Waals surface area contributed by atoms with Gasteiger partial charge in [-0.3, -0.25) is 0 Å². The fourth-order valence-corrected chi connectivity index (χ4v) is 3.19. The molecule has 1 saturated heterocycles. The Balaban J connectivity index is 1.87. The van der Waals surface area contributed by atoms with E-state index in [1.165, 1.54) is 50.6 Å². The van der Waals surface area contributed by atoms with Crippen LogP contribution in [0.3, 0.4) is 0 Å². The van der Waals surface area contributed by atoms with Crippen LogP contribution in [-0.4, -0.2) is 23.1 Å². The maximum Gasteiger partial charge on any atom is 0.227 e. The summed E-state index contributed by atoms with van der Waals surface area (Å²) in [4.78, 5) is 11.6. The van der Waals surface area contributed by atoms with Gasteiger partial charge in [-0.05, 0) is 32.1 Å². The first-order valence-corrected chi connectivity index (χ1v) is 7.47. The minimum Gasteiger partial charge on any atom is -0.341 e. The normalized spacial score (nSPS) is 20.8. The summed E-state index contributed by atoms with van der Waals surface area (Å²) >= 11 is 0. The first-order valence-electron chi connectivity index (χ1n) is 7.47. The minimum atomic E-state index is 0.596. The molecule has 0 bridgehead atoms. The number of nitrogens with two attached hydrogens (primary N) is 1. The number of aromatic nitrogens is 2. The molecule has 1 aromatic rings. The van der Waals surface area contributed by atoms with Gasteiger partial charge in [-0.25, -0.2) is 10.8 Å². The molecular formula is C14H23N5. The van der Waals surface area contributed by atoms with Gasteiger partial charge in [0.05, 0.1) is 5.69 Å². The lowest BCUT2D eigenvalue weighted by atomic mass is 10.0. The summed E-state index contributed by atoms with van der Waals surface area (Å²) in [6.45, 7) is 2.14. The van der Waals surface area contributed by atoms with Crippen molar-refractivity contribution in [2.75, 3.05) is 23.4 Å². The van der Waals surface area contributed by atoms with Crippen LogP contribution in [0.2, 0.25) is 0 Å². The Bertz CT molecular complexity index is 422. The highest BCUT2D eigenvalue weighted by molar-refractivity contribution is 5.44. The summed E-state index contributed by atoms with van der Waals surface area (Å²) in [5, 5.41) is 0. The van der Waals surface area contributed by atoms with Crippen LogP contribution in [-0.2, 0) is 0 Å². The lowest BCUT2D eigenvalue weighted by molar-refractivity contribution is 0.565. The van der Waals surface area contributed by atoms with Crippen LogP contribution < -0.4 is 16.2 Å². The highest BCUT2D eigenvalue weighted by Gasteiger charge is 2.22. The number of nitrogens with zero attached hydrogens (tertiary/aromatic N) is 3. The maximum atomic E-state index is 5.56. The number of hydrogen-bond donors (Lipinski definition) is 2. The molecule has 0 spiro atoms. The molecule has 0 aromatic carbocycles. The first kappa shape index (κ1) is 12.7. The van der Waals surface area contributed by atoms with Gasteiger partial charge in [0.1, 0.15) is 5.82 Å². The lowest BCUT2D eigenvalue weighted by Crippen LogP contribution is -2.31. The minimum absolute atomic E-state index is 0.596. The van der Waals surface area contributed by atoms with Crippen molar-refractivity contribution in [2.45, 2.75) is 50.9 Å². The number of piperidine rings is 1. The quantitative estimate of drug-likeness (QED) is 0.646. The van der Waals surface area contributed by atoms with Crippen LogP contribution in [0.5, 0.6) is 0 Å². The zero-order chi connectivity index (χ0) is 13.1. The van der Waals surface area contributed by atoms with Crippen LogP contribution >= 0.6 is 0 Å². The zero-order valence-corrected chi connectivity index (χ0v) is 11.4.